The third kappa shape index (κ3) is 1.38. The van der Waals surface area contributed by atoms with Crippen molar-refractivity contribution in [3.05, 3.63) is 70.8 Å². The highest BCUT2D eigenvalue weighted by Gasteiger charge is 2.47. The highest BCUT2D eigenvalue weighted by molar-refractivity contribution is 5.54. The number of benzene rings is 2. The summed E-state index contributed by atoms with van der Waals surface area (Å²) in [6.07, 6.45) is 2.04. The second-order valence-corrected chi connectivity index (χ2v) is 5.59. The minimum Gasteiger partial charge on any atom is -0.330 e. The van der Waals surface area contributed by atoms with Gasteiger partial charge < -0.3 is 5.73 Å². The van der Waals surface area contributed by atoms with Gasteiger partial charge in [0.2, 0.25) is 0 Å². The van der Waals surface area contributed by atoms with Gasteiger partial charge in [0.15, 0.2) is 0 Å². The van der Waals surface area contributed by atoms with Gasteiger partial charge in [-0.2, -0.15) is 0 Å². The molecular formula is C17H18N2. The lowest BCUT2D eigenvalue weighted by Crippen LogP contribution is -2.45. The van der Waals surface area contributed by atoms with E-state index in [4.69, 9.17) is 5.73 Å². The van der Waals surface area contributed by atoms with Gasteiger partial charge in [0.25, 0.3) is 0 Å². The van der Waals surface area contributed by atoms with Crippen LogP contribution in [-0.4, -0.2) is 6.54 Å². The third-order valence-electron chi connectivity index (χ3n) is 4.64. The van der Waals surface area contributed by atoms with Crippen LogP contribution in [-0.2, 0) is 12.0 Å². The highest BCUT2D eigenvalue weighted by Crippen LogP contribution is 2.49. The number of hydrogen-bond donors (Lipinski definition) is 2. The standard InChI is InChI=1S/C17H18N2/c18-10-9-17-14-7-3-1-5-12(14)11-16(19-17)13-6-2-4-8-15(13)17/h1-8,16,19H,9-11,18H2/t16-,17+/m0/s1. The molecule has 0 saturated carbocycles. The zero-order chi connectivity index (χ0) is 12.9. The summed E-state index contributed by atoms with van der Waals surface area (Å²) in [6.45, 7) is 0.697. The molecule has 2 heteroatoms. The number of rotatable bonds is 2. The fourth-order valence-electron chi connectivity index (χ4n) is 3.92. The van der Waals surface area contributed by atoms with Crippen LogP contribution in [0.4, 0.5) is 0 Å². The fourth-order valence-corrected chi connectivity index (χ4v) is 3.92. The second-order valence-electron chi connectivity index (χ2n) is 5.59. The third-order valence-corrected chi connectivity index (χ3v) is 4.64. The van der Waals surface area contributed by atoms with Crippen molar-refractivity contribution in [2.75, 3.05) is 6.54 Å². The Morgan fingerprint density at radius 1 is 1.05 bits per heavy atom. The molecule has 0 spiro atoms. The van der Waals surface area contributed by atoms with Crippen LogP contribution in [0.2, 0.25) is 0 Å². The van der Waals surface area contributed by atoms with Crippen LogP contribution < -0.4 is 11.1 Å². The Hall–Kier alpha value is -1.64. The maximum Gasteiger partial charge on any atom is 0.0713 e. The number of fused-ring (bicyclic) bond motifs is 7. The van der Waals surface area contributed by atoms with Crippen LogP contribution in [0.1, 0.15) is 34.7 Å². The van der Waals surface area contributed by atoms with Gasteiger partial charge in [0.05, 0.1) is 5.54 Å². The molecule has 96 valence electrons. The Balaban J connectivity index is 2.01. The molecule has 2 aromatic carbocycles. The largest absolute Gasteiger partial charge is 0.330 e. The normalized spacial score (nSPS) is 26.9. The van der Waals surface area contributed by atoms with Crippen LogP contribution in [0.5, 0.6) is 0 Å². The predicted molar refractivity (Wildman–Crippen MR) is 76.9 cm³/mol. The molecule has 0 radical (unpaired) electrons. The van der Waals surface area contributed by atoms with E-state index < -0.39 is 0 Å². The van der Waals surface area contributed by atoms with Crippen molar-refractivity contribution >= 4 is 0 Å². The maximum absolute atomic E-state index is 5.91. The molecule has 0 amide bonds. The molecule has 3 N–H and O–H groups in total. The van der Waals surface area contributed by atoms with Crippen LogP contribution in [0.25, 0.3) is 0 Å². The molecule has 2 heterocycles. The SMILES string of the molecule is NCC[C@@]12N[C@@H](Cc3ccccc31)c1ccccc12. The Morgan fingerprint density at radius 3 is 2.63 bits per heavy atom. The average molecular weight is 250 g/mol. The zero-order valence-electron chi connectivity index (χ0n) is 10.9. The Kier molecular flexibility index (Phi) is 2.32. The molecule has 0 aliphatic carbocycles. The van der Waals surface area contributed by atoms with Gasteiger partial charge in [0.1, 0.15) is 0 Å². The summed E-state index contributed by atoms with van der Waals surface area (Å²) in [5.74, 6) is 0. The molecule has 2 aromatic rings. The molecule has 0 aromatic heterocycles. The molecule has 2 aliphatic heterocycles. The number of nitrogens with one attached hydrogen (secondary N) is 1. The molecule has 4 rings (SSSR count). The lowest BCUT2D eigenvalue weighted by Gasteiger charge is -2.37. The predicted octanol–water partition coefficient (Wildman–Crippen LogP) is 2.48. The molecule has 0 fully saturated rings. The van der Waals surface area contributed by atoms with Crippen molar-refractivity contribution in [3.8, 4) is 0 Å². The minimum atomic E-state index is -0.0646. The van der Waals surface area contributed by atoms with Crippen LogP contribution >= 0.6 is 0 Å². The van der Waals surface area contributed by atoms with Crippen LogP contribution in [0.15, 0.2) is 48.5 Å². The van der Waals surface area contributed by atoms with Crippen molar-refractivity contribution in [1.29, 1.82) is 0 Å². The first-order chi connectivity index (χ1) is 9.35. The van der Waals surface area contributed by atoms with Crippen molar-refractivity contribution in [2.24, 2.45) is 5.73 Å². The summed E-state index contributed by atoms with van der Waals surface area (Å²) >= 11 is 0. The minimum absolute atomic E-state index is 0.0646. The van der Waals surface area contributed by atoms with Crippen molar-refractivity contribution in [3.63, 3.8) is 0 Å². The summed E-state index contributed by atoms with van der Waals surface area (Å²) < 4.78 is 0. The Morgan fingerprint density at radius 2 is 1.79 bits per heavy atom. The van der Waals surface area contributed by atoms with E-state index in [1.165, 1.54) is 22.3 Å². The van der Waals surface area contributed by atoms with Gasteiger partial charge in [-0.05, 0) is 41.6 Å². The lowest BCUT2D eigenvalue weighted by atomic mass is 9.78. The van der Waals surface area contributed by atoms with E-state index in [0.717, 1.165) is 12.8 Å². The van der Waals surface area contributed by atoms with Gasteiger partial charge in [-0.3, -0.25) is 5.32 Å². The Labute approximate surface area is 113 Å². The summed E-state index contributed by atoms with van der Waals surface area (Å²) in [7, 11) is 0. The van der Waals surface area contributed by atoms with E-state index >= 15 is 0 Å². The molecule has 2 nitrogen and oxygen atoms in total. The van der Waals surface area contributed by atoms with E-state index in [1.54, 1.807) is 0 Å². The zero-order valence-corrected chi connectivity index (χ0v) is 10.9. The van der Waals surface area contributed by atoms with Crippen molar-refractivity contribution in [2.45, 2.75) is 24.4 Å². The molecule has 2 bridgehead atoms. The van der Waals surface area contributed by atoms with Gasteiger partial charge in [-0.15, -0.1) is 0 Å². The first kappa shape index (κ1) is 11.2. The first-order valence-electron chi connectivity index (χ1n) is 7.01. The quantitative estimate of drug-likeness (QED) is 0.859. The smallest absolute Gasteiger partial charge is 0.0713 e. The lowest BCUT2D eigenvalue weighted by molar-refractivity contribution is 0.342. The van der Waals surface area contributed by atoms with Crippen molar-refractivity contribution in [1.82, 2.24) is 5.32 Å². The molecule has 0 saturated heterocycles. The topological polar surface area (TPSA) is 38.0 Å². The molecule has 2 aliphatic rings. The molecule has 19 heavy (non-hydrogen) atoms. The van der Waals surface area contributed by atoms with Crippen molar-refractivity contribution < 1.29 is 0 Å². The van der Waals surface area contributed by atoms with Gasteiger partial charge >= 0.3 is 0 Å². The number of hydrogen-bond acceptors (Lipinski definition) is 2. The number of nitrogens with two attached hydrogens (primary N) is 1. The molecule has 2 atom stereocenters. The van der Waals surface area contributed by atoms with E-state index in [9.17, 15) is 0 Å². The fraction of sp³-hybridized carbons (Fsp3) is 0.294. The maximum atomic E-state index is 5.91. The second kappa shape index (κ2) is 3.92. The molecule has 0 unspecified atom stereocenters. The van der Waals surface area contributed by atoms with Crippen LogP contribution in [0.3, 0.4) is 0 Å². The average Bonchev–Trinajstić information content (AvgIpc) is 2.71. The van der Waals surface area contributed by atoms with Gasteiger partial charge in [-0.1, -0.05) is 48.5 Å². The summed E-state index contributed by atoms with van der Waals surface area (Å²) in [4.78, 5) is 0. The van der Waals surface area contributed by atoms with Crippen LogP contribution in [0, 0.1) is 0 Å². The first-order valence-corrected chi connectivity index (χ1v) is 7.01. The molecular weight excluding hydrogens is 232 g/mol. The van der Waals surface area contributed by atoms with Gasteiger partial charge in [-0.25, -0.2) is 0 Å². The monoisotopic (exact) mass is 250 g/mol. The van der Waals surface area contributed by atoms with E-state index in [-0.39, 0.29) is 5.54 Å². The summed E-state index contributed by atoms with van der Waals surface area (Å²) in [5.41, 5.74) is 11.6. The summed E-state index contributed by atoms with van der Waals surface area (Å²) in [6, 6.07) is 18.1. The van der Waals surface area contributed by atoms with E-state index in [0.29, 0.717) is 12.6 Å². The van der Waals surface area contributed by atoms with E-state index in [2.05, 4.69) is 53.8 Å². The Bertz CT molecular complexity index is 622. The summed E-state index contributed by atoms with van der Waals surface area (Å²) in [5, 5.41) is 3.85. The highest BCUT2D eigenvalue weighted by atomic mass is 15.1. The van der Waals surface area contributed by atoms with Gasteiger partial charge in [0, 0.05) is 6.04 Å². The van der Waals surface area contributed by atoms with E-state index in [1.807, 2.05) is 0 Å².